The lowest BCUT2D eigenvalue weighted by Gasteiger charge is -2.30. The predicted molar refractivity (Wildman–Crippen MR) is 172 cm³/mol. The monoisotopic (exact) mass is 611 g/mol. The number of fused-ring (bicyclic) bond motifs is 1. The van der Waals surface area contributed by atoms with Crippen LogP contribution in [0, 0.1) is 10.1 Å². The fourth-order valence-electron chi connectivity index (χ4n) is 5.07. The van der Waals surface area contributed by atoms with Crippen molar-refractivity contribution < 1.29 is 19.2 Å². The maximum atomic E-state index is 12.8. The van der Waals surface area contributed by atoms with E-state index < -0.39 is 18.6 Å². The van der Waals surface area contributed by atoms with E-state index in [2.05, 4.69) is 35.0 Å². The van der Waals surface area contributed by atoms with E-state index in [1.807, 2.05) is 58.5 Å². The van der Waals surface area contributed by atoms with Crippen LogP contribution in [-0.2, 0) is 23.3 Å². The topological polar surface area (TPSA) is 130 Å². The lowest BCUT2D eigenvalue weighted by Crippen LogP contribution is -2.39. The normalized spacial score (nSPS) is 14.4. The van der Waals surface area contributed by atoms with Crippen molar-refractivity contribution >= 4 is 42.1 Å². The molecule has 1 N–H and O–H groups in total. The highest BCUT2D eigenvalue weighted by Crippen LogP contribution is 2.45. The quantitative estimate of drug-likeness (QED) is 0.119. The SMILES string of the molecule is CC(C)Nc1c([N+](=O)[O-])cnc2c1c(C1=CCN(C(=O)OC(C)(C)C)CC1)c(-c1cnn(C)c1)n2COCC[Si](C)(C)C. The number of ether oxygens (including phenoxy) is 2. The van der Waals surface area contributed by atoms with Gasteiger partial charge in [-0.15, -0.1) is 0 Å². The van der Waals surface area contributed by atoms with Crippen molar-refractivity contribution in [3.05, 3.63) is 40.3 Å². The van der Waals surface area contributed by atoms with Crippen LogP contribution in [-0.4, -0.2) is 74.7 Å². The average Bonchev–Trinajstić information content (AvgIpc) is 3.46. The first-order valence-electron chi connectivity index (χ1n) is 14.8. The number of anilines is 1. The van der Waals surface area contributed by atoms with Crippen LogP contribution in [0.15, 0.2) is 24.7 Å². The Bertz CT molecular complexity index is 1530. The van der Waals surface area contributed by atoms with E-state index in [1.165, 1.54) is 6.20 Å². The number of pyridine rings is 1. The second-order valence-electron chi connectivity index (χ2n) is 13.6. The van der Waals surface area contributed by atoms with Crippen molar-refractivity contribution in [3.63, 3.8) is 0 Å². The lowest BCUT2D eigenvalue weighted by molar-refractivity contribution is -0.384. The van der Waals surface area contributed by atoms with Crippen molar-refractivity contribution in [2.75, 3.05) is 25.0 Å². The zero-order chi connectivity index (χ0) is 31.7. The molecule has 12 nitrogen and oxygen atoms in total. The molecule has 1 aliphatic rings. The fourth-order valence-corrected chi connectivity index (χ4v) is 5.83. The number of aromatic nitrogens is 4. The van der Waals surface area contributed by atoms with Crippen molar-refractivity contribution in [1.82, 2.24) is 24.2 Å². The second-order valence-corrected chi connectivity index (χ2v) is 19.2. The maximum absolute atomic E-state index is 12.8. The Morgan fingerprint density at radius 2 is 1.95 bits per heavy atom. The number of amides is 1. The van der Waals surface area contributed by atoms with Gasteiger partial charge in [-0.25, -0.2) is 9.78 Å². The molecule has 0 radical (unpaired) electrons. The molecule has 0 atom stereocenters. The lowest BCUT2D eigenvalue weighted by atomic mass is 9.94. The maximum Gasteiger partial charge on any atom is 0.410 e. The molecule has 43 heavy (non-hydrogen) atoms. The molecule has 0 spiro atoms. The van der Waals surface area contributed by atoms with Gasteiger partial charge >= 0.3 is 11.8 Å². The zero-order valence-corrected chi connectivity index (χ0v) is 27.9. The average molecular weight is 612 g/mol. The summed E-state index contributed by atoms with van der Waals surface area (Å²) in [5.41, 5.74) is 3.79. The third-order valence-corrected chi connectivity index (χ3v) is 8.76. The van der Waals surface area contributed by atoms with Gasteiger partial charge in [-0.3, -0.25) is 14.8 Å². The number of hydrogen-bond donors (Lipinski definition) is 1. The Hall–Kier alpha value is -3.71. The Morgan fingerprint density at radius 1 is 1.23 bits per heavy atom. The van der Waals surface area contributed by atoms with E-state index in [4.69, 9.17) is 9.47 Å². The minimum absolute atomic E-state index is 0.0710. The molecular weight excluding hydrogens is 566 g/mol. The standard InChI is InChI=1S/C30H45N7O5Si/c1-20(2)33-26-23(37(39)40)17-31-28-25(26)24(21-10-12-35(13-11-21)29(38)42-30(3,4)5)27(22-16-32-34(6)18-22)36(28)19-41-14-15-43(7,8)9/h10,16-18,20H,11-15,19H2,1-9H3,(H,31,33). The first kappa shape index (κ1) is 32.2. The van der Waals surface area contributed by atoms with Gasteiger partial charge in [-0.2, -0.15) is 5.10 Å². The van der Waals surface area contributed by atoms with Gasteiger partial charge in [0, 0.05) is 58.2 Å². The predicted octanol–water partition coefficient (Wildman–Crippen LogP) is 6.50. The van der Waals surface area contributed by atoms with E-state index in [0.717, 1.165) is 28.4 Å². The van der Waals surface area contributed by atoms with E-state index in [0.29, 0.717) is 42.8 Å². The van der Waals surface area contributed by atoms with E-state index in [1.54, 1.807) is 15.8 Å². The molecular formula is C30H45N7O5Si. The molecule has 0 aromatic carbocycles. The summed E-state index contributed by atoms with van der Waals surface area (Å²) in [4.78, 5) is 31.0. The molecule has 4 rings (SSSR count). The van der Waals surface area contributed by atoms with Crippen molar-refractivity contribution in [1.29, 1.82) is 0 Å². The summed E-state index contributed by atoms with van der Waals surface area (Å²) in [6, 6.07) is 0.935. The molecule has 0 saturated carbocycles. The number of carbonyl (C=O) groups excluding carboxylic acids is 1. The molecule has 0 unspecified atom stereocenters. The number of carbonyl (C=O) groups is 1. The largest absolute Gasteiger partial charge is 0.444 e. The van der Waals surface area contributed by atoms with Gasteiger partial charge in [0.05, 0.1) is 22.2 Å². The van der Waals surface area contributed by atoms with Gasteiger partial charge < -0.3 is 24.3 Å². The van der Waals surface area contributed by atoms with Gasteiger partial charge in [0.2, 0.25) is 0 Å². The molecule has 1 amide bonds. The molecule has 3 aromatic rings. The first-order valence-corrected chi connectivity index (χ1v) is 18.5. The molecule has 4 heterocycles. The minimum atomic E-state index is -1.32. The summed E-state index contributed by atoms with van der Waals surface area (Å²) in [5, 5.41) is 20.7. The first-order chi connectivity index (χ1) is 20.1. The summed E-state index contributed by atoms with van der Waals surface area (Å²) < 4.78 is 15.6. The third-order valence-electron chi connectivity index (χ3n) is 7.06. The molecule has 13 heteroatoms. The highest BCUT2D eigenvalue weighted by Gasteiger charge is 2.32. The Morgan fingerprint density at radius 3 is 2.49 bits per heavy atom. The number of nitro groups is 1. The van der Waals surface area contributed by atoms with Gasteiger partial charge in [0.25, 0.3) is 0 Å². The van der Waals surface area contributed by atoms with Gasteiger partial charge in [0.15, 0.2) is 0 Å². The smallest absolute Gasteiger partial charge is 0.410 e. The fraction of sp³-hybridized carbons (Fsp3) is 0.567. The van der Waals surface area contributed by atoms with Crippen LogP contribution in [0.1, 0.15) is 46.6 Å². The summed E-state index contributed by atoms with van der Waals surface area (Å²) in [7, 11) is 0.532. The molecule has 0 aliphatic carbocycles. The van der Waals surface area contributed by atoms with E-state index in [9.17, 15) is 14.9 Å². The molecule has 0 bridgehead atoms. The number of rotatable bonds is 10. The van der Waals surface area contributed by atoms with Gasteiger partial charge in [-0.05, 0) is 52.7 Å². The van der Waals surface area contributed by atoms with Crippen molar-refractivity contribution in [2.45, 2.75) is 85.1 Å². The molecule has 1 aliphatic heterocycles. The number of nitrogens with one attached hydrogen (secondary N) is 1. The van der Waals surface area contributed by atoms with Crippen LogP contribution in [0.25, 0.3) is 27.9 Å². The highest BCUT2D eigenvalue weighted by atomic mass is 28.3. The highest BCUT2D eigenvalue weighted by molar-refractivity contribution is 6.76. The summed E-state index contributed by atoms with van der Waals surface area (Å²) in [6.45, 7) is 18.0. The van der Waals surface area contributed by atoms with Crippen LogP contribution in [0.2, 0.25) is 25.7 Å². The minimum Gasteiger partial charge on any atom is -0.444 e. The van der Waals surface area contributed by atoms with Gasteiger partial charge in [-0.1, -0.05) is 25.7 Å². The van der Waals surface area contributed by atoms with Crippen LogP contribution in [0.3, 0.4) is 0 Å². The summed E-state index contributed by atoms with van der Waals surface area (Å²) >= 11 is 0. The van der Waals surface area contributed by atoms with Crippen molar-refractivity contribution in [3.8, 4) is 11.3 Å². The van der Waals surface area contributed by atoms with Crippen LogP contribution in [0.4, 0.5) is 16.2 Å². The molecule has 0 fully saturated rings. The number of nitrogens with zero attached hydrogens (tertiary/aromatic N) is 6. The van der Waals surface area contributed by atoms with Crippen LogP contribution in [0.5, 0.6) is 0 Å². The van der Waals surface area contributed by atoms with Crippen molar-refractivity contribution in [2.24, 2.45) is 7.05 Å². The van der Waals surface area contributed by atoms with E-state index in [-0.39, 0.29) is 24.6 Å². The Balaban J connectivity index is 1.94. The second kappa shape index (κ2) is 12.5. The number of aryl methyl sites for hydroxylation is 1. The molecule has 234 valence electrons. The number of hydrogen-bond acceptors (Lipinski definition) is 8. The zero-order valence-electron chi connectivity index (χ0n) is 26.9. The van der Waals surface area contributed by atoms with Gasteiger partial charge in [0.1, 0.15) is 29.9 Å². The summed E-state index contributed by atoms with van der Waals surface area (Å²) in [6.07, 6.45) is 7.21. The molecule has 3 aromatic heterocycles. The molecule has 0 saturated heterocycles. The Labute approximate surface area is 254 Å². The van der Waals surface area contributed by atoms with E-state index >= 15 is 0 Å². The Kier molecular flexibility index (Phi) is 9.35. The van der Waals surface area contributed by atoms with Crippen LogP contribution < -0.4 is 5.32 Å². The van der Waals surface area contributed by atoms with Crippen LogP contribution >= 0.6 is 0 Å². The summed E-state index contributed by atoms with van der Waals surface area (Å²) in [5.74, 6) is 0. The third kappa shape index (κ3) is 7.63.